The van der Waals surface area contributed by atoms with Crippen LogP contribution < -0.4 is 5.32 Å². The van der Waals surface area contributed by atoms with Crippen molar-refractivity contribution in [2.24, 2.45) is 5.92 Å². The lowest BCUT2D eigenvalue weighted by Gasteiger charge is -2.23. The van der Waals surface area contributed by atoms with Crippen LogP contribution >= 0.6 is 0 Å². The topological polar surface area (TPSA) is 69.6 Å². The Bertz CT molecular complexity index is 1070. The number of aliphatic hydroxyl groups is 1. The van der Waals surface area contributed by atoms with Crippen LogP contribution in [0.5, 0.6) is 0 Å². The van der Waals surface area contributed by atoms with E-state index in [4.69, 9.17) is 0 Å². The molecule has 4 rings (SSSR count). The van der Waals surface area contributed by atoms with Crippen LogP contribution in [0.4, 0.5) is 22.0 Å². The molecule has 32 heavy (non-hydrogen) atoms. The van der Waals surface area contributed by atoms with Crippen LogP contribution in [0.25, 0.3) is 11.1 Å². The van der Waals surface area contributed by atoms with Gasteiger partial charge in [0.05, 0.1) is 25.1 Å². The maximum Gasteiger partial charge on any atom is 0.393 e. The zero-order valence-corrected chi connectivity index (χ0v) is 16.6. The SMILES string of the molecule is O=C(NCC(=O)N1C[C@@H](C(F)(F)F)C[C@H]1CO)c1ccc2c(c1)-c1ccccc1C2(F)F. The Morgan fingerprint density at radius 2 is 1.78 bits per heavy atom. The number of benzene rings is 2. The van der Waals surface area contributed by atoms with Crippen molar-refractivity contribution in [2.45, 2.75) is 24.6 Å². The van der Waals surface area contributed by atoms with Crippen LogP contribution in [-0.2, 0) is 10.7 Å². The fourth-order valence-electron chi connectivity index (χ4n) is 4.31. The number of carbonyl (C=O) groups excluding carboxylic acids is 2. The van der Waals surface area contributed by atoms with Gasteiger partial charge in [0.1, 0.15) is 0 Å². The lowest BCUT2D eigenvalue weighted by atomic mass is 10.0. The predicted molar refractivity (Wildman–Crippen MR) is 104 cm³/mol. The molecule has 1 aliphatic carbocycles. The first-order valence-corrected chi connectivity index (χ1v) is 9.91. The van der Waals surface area contributed by atoms with Crippen molar-refractivity contribution in [3.05, 3.63) is 59.2 Å². The Labute approximate surface area is 179 Å². The molecule has 5 nitrogen and oxygen atoms in total. The summed E-state index contributed by atoms with van der Waals surface area (Å²) in [6, 6.07) is 8.64. The molecule has 0 bridgehead atoms. The van der Waals surface area contributed by atoms with Gasteiger partial charge in [-0.15, -0.1) is 0 Å². The molecule has 0 spiro atoms. The van der Waals surface area contributed by atoms with Crippen LogP contribution in [0, 0.1) is 5.92 Å². The number of hydrogen-bond acceptors (Lipinski definition) is 3. The zero-order chi connectivity index (χ0) is 23.3. The Kier molecular flexibility index (Phi) is 5.44. The molecule has 2 aliphatic rings. The maximum absolute atomic E-state index is 14.6. The van der Waals surface area contributed by atoms with E-state index in [0.717, 1.165) is 11.0 Å². The lowest BCUT2D eigenvalue weighted by Crippen LogP contribution is -2.44. The van der Waals surface area contributed by atoms with Gasteiger partial charge in [-0.25, -0.2) is 0 Å². The highest BCUT2D eigenvalue weighted by Gasteiger charge is 2.48. The summed E-state index contributed by atoms with van der Waals surface area (Å²) in [7, 11) is 0. The molecular weight excluding hydrogens is 435 g/mol. The first kappa shape index (κ1) is 22.2. The minimum absolute atomic E-state index is 0.0392. The van der Waals surface area contributed by atoms with Crippen molar-refractivity contribution in [1.29, 1.82) is 0 Å². The molecule has 170 valence electrons. The molecule has 2 N–H and O–H groups in total. The van der Waals surface area contributed by atoms with Gasteiger partial charge in [-0.05, 0) is 29.7 Å². The van der Waals surface area contributed by atoms with Crippen LogP contribution in [0.1, 0.15) is 27.9 Å². The van der Waals surface area contributed by atoms with Gasteiger partial charge in [-0.3, -0.25) is 9.59 Å². The summed E-state index contributed by atoms with van der Waals surface area (Å²) in [5, 5.41) is 11.7. The Morgan fingerprint density at radius 3 is 2.47 bits per heavy atom. The van der Waals surface area contributed by atoms with Crippen molar-refractivity contribution in [1.82, 2.24) is 10.2 Å². The highest BCUT2D eigenvalue weighted by Crippen LogP contribution is 2.50. The number of halogens is 5. The number of fused-ring (bicyclic) bond motifs is 3. The second-order valence-electron chi connectivity index (χ2n) is 7.92. The van der Waals surface area contributed by atoms with Gasteiger partial charge in [0.2, 0.25) is 5.91 Å². The second kappa shape index (κ2) is 7.84. The summed E-state index contributed by atoms with van der Waals surface area (Å²) in [4.78, 5) is 25.8. The van der Waals surface area contributed by atoms with Crippen LogP contribution in [0.3, 0.4) is 0 Å². The highest BCUT2D eigenvalue weighted by molar-refractivity contribution is 5.98. The fraction of sp³-hybridized carbons (Fsp3) is 0.364. The van der Waals surface area contributed by atoms with Gasteiger partial charge in [0, 0.05) is 23.2 Å². The molecule has 1 aliphatic heterocycles. The number of hydrogen-bond donors (Lipinski definition) is 2. The van der Waals surface area contributed by atoms with E-state index in [0.29, 0.717) is 5.56 Å². The van der Waals surface area contributed by atoms with Crippen molar-refractivity contribution in [3.8, 4) is 11.1 Å². The monoisotopic (exact) mass is 454 g/mol. The molecule has 1 saturated heterocycles. The van der Waals surface area contributed by atoms with Crippen molar-refractivity contribution in [2.75, 3.05) is 19.7 Å². The van der Waals surface area contributed by atoms with Crippen molar-refractivity contribution < 1.29 is 36.6 Å². The molecule has 2 aromatic carbocycles. The van der Waals surface area contributed by atoms with Crippen LogP contribution in [-0.4, -0.2) is 53.7 Å². The number of rotatable bonds is 4. The predicted octanol–water partition coefficient (Wildman–Crippen LogP) is 3.31. The normalized spacial score (nSPS) is 21.2. The highest BCUT2D eigenvalue weighted by atomic mass is 19.4. The summed E-state index contributed by atoms with van der Waals surface area (Å²) < 4.78 is 68.2. The van der Waals surface area contributed by atoms with Gasteiger partial charge in [-0.1, -0.05) is 30.3 Å². The number of nitrogens with one attached hydrogen (secondary N) is 1. The van der Waals surface area contributed by atoms with Gasteiger partial charge in [0.25, 0.3) is 11.8 Å². The second-order valence-corrected chi connectivity index (χ2v) is 7.92. The Hall–Kier alpha value is -3.01. The molecule has 10 heteroatoms. The molecule has 1 heterocycles. The summed E-state index contributed by atoms with van der Waals surface area (Å²) >= 11 is 0. The maximum atomic E-state index is 14.6. The third-order valence-electron chi connectivity index (χ3n) is 5.98. The van der Waals surface area contributed by atoms with Crippen LogP contribution in [0.2, 0.25) is 0 Å². The van der Waals surface area contributed by atoms with E-state index in [1.807, 2.05) is 0 Å². The van der Waals surface area contributed by atoms with Crippen molar-refractivity contribution in [3.63, 3.8) is 0 Å². The van der Waals surface area contributed by atoms with Gasteiger partial charge >= 0.3 is 6.18 Å². The third kappa shape index (κ3) is 3.72. The number of nitrogens with zero attached hydrogens (tertiary/aromatic N) is 1. The number of aliphatic hydroxyl groups excluding tert-OH is 1. The van der Waals surface area contributed by atoms with Crippen molar-refractivity contribution >= 4 is 11.8 Å². The number of likely N-dealkylation sites (tertiary alicyclic amines) is 1. The van der Waals surface area contributed by atoms with Crippen LogP contribution in [0.15, 0.2) is 42.5 Å². The van der Waals surface area contributed by atoms with E-state index in [9.17, 15) is 36.6 Å². The Morgan fingerprint density at radius 1 is 1.09 bits per heavy atom. The smallest absolute Gasteiger partial charge is 0.393 e. The summed E-state index contributed by atoms with van der Waals surface area (Å²) in [5.41, 5.74) is 0.160. The largest absolute Gasteiger partial charge is 0.394 e. The van der Waals surface area contributed by atoms with E-state index >= 15 is 0 Å². The molecule has 0 radical (unpaired) electrons. The number of amides is 2. The Balaban J connectivity index is 1.47. The summed E-state index contributed by atoms with van der Waals surface area (Å²) in [6.07, 6.45) is -4.90. The average molecular weight is 454 g/mol. The average Bonchev–Trinajstić information content (AvgIpc) is 3.30. The fourth-order valence-corrected chi connectivity index (χ4v) is 4.31. The van der Waals surface area contributed by atoms with E-state index in [-0.39, 0.29) is 22.3 Å². The lowest BCUT2D eigenvalue weighted by molar-refractivity contribution is -0.171. The molecule has 1 fully saturated rings. The molecule has 0 saturated carbocycles. The zero-order valence-electron chi connectivity index (χ0n) is 16.6. The first-order chi connectivity index (χ1) is 15.0. The quantitative estimate of drug-likeness (QED) is 0.697. The number of alkyl halides is 5. The summed E-state index contributed by atoms with van der Waals surface area (Å²) in [5.74, 6) is -6.41. The standard InChI is InChI=1S/C22H19F5N2O3/c23-21(24)17-4-2-1-3-15(17)16-7-12(5-6-18(16)21)20(32)28-9-19(31)29-10-13(22(25,26)27)8-14(29)11-30/h1-7,13-14,30H,8-11H2,(H,28,32)/t13-,14-/m0/s1. The minimum Gasteiger partial charge on any atom is -0.394 e. The van der Waals surface area contributed by atoms with E-state index < -0.39 is 62.0 Å². The first-order valence-electron chi connectivity index (χ1n) is 9.91. The van der Waals surface area contributed by atoms with Gasteiger partial charge in [0.15, 0.2) is 0 Å². The summed E-state index contributed by atoms with van der Waals surface area (Å²) in [6.45, 7) is -1.79. The number of carbonyl (C=O) groups is 2. The molecule has 2 aromatic rings. The molecule has 0 aromatic heterocycles. The van der Waals surface area contributed by atoms with Gasteiger partial charge < -0.3 is 15.3 Å². The van der Waals surface area contributed by atoms with E-state index in [1.165, 1.54) is 30.3 Å². The van der Waals surface area contributed by atoms with E-state index in [2.05, 4.69) is 5.32 Å². The molecule has 2 atom stereocenters. The van der Waals surface area contributed by atoms with Gasteiger partial charge in [-0.2, -0.15) is 22.0 Å². The van der Waals surface area contributed by atoms with E-state index in [1.54, 1.807) is 6.07 Å². The molecule has 2 amide bonds. The third-order valence-corrected chi connectivity index (χ3v) is 5.98. The molecule has 0 unspecified atom stereocenters. The molecular formula is C22H19F5N2O3. The minimum atomic E-state index is -4.49.